The number of nitrogens with zero attached hydrogens (tertiary/aromatic N) is 2. The van der Waals surface area contributed by atoms with Crippen LogP contribution in [0.5, 0.6) is 5.75 Å². The van der Waals surface area contributed by atoms with E-state index in [1.54, 1.807) is 48.7 Å². The van der Waals surface area contributed by atoms with Gasteiger partial charge in [-0.15, -0.1) is 0 Å². The molecule has 0 atom stereocenters. The van der Waals surface area contributed by atoms with Crippen LogP contribution >= 0.6 is 0 Å². The molecule has 0 bridgehead atoms. The second kappa shape index (κ2) is 7.13. The maximum absolute atomic E-state index is 13.1. The number of anilines is 1. The van der Waals surface area contributed by atoms with E-state index in [1.165, 1.54) is 12.1 Å². The van der Waals surface area contributed by atoms with Crippen LogP contribution in [0.3, 0.4) is 0 Å². The van der Waals surface area contributed by atoms with E-state index in [0.29, 0.717) is 28.9 Å². The van der Waals surface area contributed by atoms with Crippen LogP contribution in [0.1, 0.15) is 15.9 Å². The first-order chi connectivity index (χ1) is 12.1. The Morgan fingerprint density at radius 3 is 2.52 bits per heavy atom. The Morgan fingerprint density at radius 2 is 1.84 bits per heavy atom. The first-order valence-corrected chi connectivity index (χ1v) is 7.78. The summed E-state index contributed by atoms with van der Waals surface area (Å²) >= 11 is 0. The topological polar surface area (TPSA) is 53.4 Å². The second-order valence-electron chi connectivity index (χ2n) is 5.69. The number of carbonyl (C=O) groups is 1. The summed E-state index contributed by atoms with van der Waals surface area (Å²) in [6.07, 6.45) is 2.33. The molecule has 0 saturated heterocycles. The van der Waals surface area contributed by atoms with Crippen molar-refractivity contribution in [1.29, 1.82) is 0 Å². The maximum atomic E-state index is 13.1. The lowest BCUT2D eigenvalue weighted by molar-refractivity contribution is 0.112. The van der Waals surface area contributed by atoms with Crippen LogP contribution in [0.2, 0.25) is 0 Å². The maximum Gasteiger partial charge on any atom is 0.150 e. The number of aromatic nitrogens is 1. The molecule has 3 rings (SSSR count). The summed E-state index contributed by atoms with van der Waals surface area (Å²) in [5.74, 6) is -0.203. The lowest BCUT2D eigenvalue weighted by Gasteiger charge is -2.22. The molecule has 0 saturated carbocycles. The number of phenolic OH excluding ortho intramolecular Hbond substituents is 1. The van der Waals surface area contributed by atoms with Gasteiger partial charge in [0.2, 0.25) is 0 Å². The van der Waals surface area contributed by atoms with Crippen LogP contribution in [0, 0.1) is 5.82 Å². The quantitative estimate of drug-likeness (QED) is 0.715. The van der Waals surface area contributed by atoms with Gasteiger partial charge in [0.05, 0.1) is 5.69 Å². The van der Waals surface area contributed by atoms with Gasteiger partial charge in [0.25, 0.3) is 0 Å². The van der Waals surface area contributed by atoms with Crippen molar-refractivity contribution in [3.8, 4) is 17.0 Å². The van der Waals surface area contributed by atoms with Gasteiger partial charge < -0.3 is 10.0 Å². The van der Waals surface area contributed by atoms with Crippen molar-refractivity contribution >= 4 is 12.0 Å². The minimum absolute atomic E-state index is 0.101. The summed E-state index contributed by atoms with van der Waals surface area (Å²) < 4.78 is 13.1. The van der Waals surface area contributed by atoms with E-state index < -0.39 is 0 Å². The van der Waals surface area contributed by atoms with Crippen molar-refractivity contribution in [1.82, 2.24) is 4.98 Å². The van der Waals surface area contributed by atoms with Gasteiger partial charge in [0, 0.05) is 42.2 Å². The summed E-state index contributed by atoms with van der Waals surface area (Å²) in [5.41, 5.74) is 3.13. The smallest absolute Gasteiger partial charge is 0.150 e. The Kier molecular flexibility index (Phi) is 4.75. The van der Waals surface area contributed by atoms with Gasteiger partial charge in [-0.3, -0.25) is 9.78 Å². The molecule has 25 heavy (non-hydrogen) atoms. The van der Waals surface area contributed by atoms with Gasteiger partial charge in [0.1, 0.15) is 11.6 Å². The predicted octanol–water partition coefficient (Wildman–Crippen LogP) is 4.04. The Balaban J connectivity index is 2.04. The fourth-order valence-corrected chi connectivity index (χ4v) is 2.71. The van der Waals surface area contributed by atoms with Gasteiger partial charge in [0.15, 0.2) is 6.29 Å². The highest BCUT2D eigenvalue weighted by atomic mass is 19.1. The van der Waals surface area contributed by atoms with E-state index in [-0.39, 0.29) is 11.6 Å². The van der Waals surface area contributed by atoms with Gasteiger partial charge in [-0.05, 0) is 42.5 Å². The molecule has 1 N–H and O–H groups in total. The zero-order chi connectivity index (χ0) is 17.8. The van der Waals surface area contributed by atoms with E-state index in [2.05, 4.69) is 4.98 Å². The first kappa shape index (κ1) is 16.6. The highest BCUT2D eigenvalue weighted by molar-refractivity contribution is 5.83. The molecule has 0 aliphatic heterocycles. The third-order valence-corrected chi connectivity index (χ3v) is 4.04. The molecular formula is C20H17FN2O2. The summed E-state index contributed by atoms with van der Waals surface area (Å²) in [5, 5.41) is 10.2. The van der Waals surface area contributed by atoms with Crippen LogP contribution in [0.4, 0.5) is 10.1 Å². The summed E-state index contributed by atoms with van der Waals surface area (Å²) in [6.45, 7) is 0.386. The molecule has 126 valence electrons. The van der Waals surface area contributed by atoms with E-state index in [4.69, 9.17) is 0 Å². The zero-order valence-corrected chi connectivity index (χ0v) is 13.7. The number of halogens is 1. The Morgan fingerprint density at radius 1 is 1.12 bits per heavy atom. The van der Waals surface area contributed by atoms with Crippen molar-refractivity contribution in [2.45, 2.75) is 6.54 Å². The van der Waals surface area contributed by atoms with Crippen LogP contribution in [0.25, 0.3) is 11.3 Å². The monoisotopic (exact) mass is 336 g/mol. The molecule has 0 aliphatic rings. The highest BCUT2D eigenvalue weighted by Crippen LogP contribution is 2.32. The van der Waals surface area contributed by atoms with E-state index in [0.717, 1.165) is 12.0 Å². The number of benzene rings is 2. The summed E-state index contributed by atoms with van der Waals surface area (Å²) in [4.78, 5) is 17.8. The van der Waals surface area contributed by atoms with Gasteiger partial charge in [-0.2, -0.15) is 0 Å². The molecule has 0 spiro atoms. The van der Waals surface area contributed by atoms with Gasteiger partial charge in [-0.25, -0.2) is 4.39 Å². The Hall–Kier alpha value is -3.21. The fourth-order valence-electron chi connectivity index (χ4n) is 2.71. The largest absolute Gasteiger partial charge is 0.507 e. The number of rotatable bonds is 5. The fraction of sp³-hybridized carbons (Fsp3) is 0.100. The predicted molar refractivity (Wildman–Crippen MR) is 95.2 cm³/mol. The Bertz CT molecular complexity index is 894. The number of hydrogen-bond donors (Lipinski definition) is 1. The summed E-state index contributed by atoms with van der Waals surface area (Å²) in [7, 11) is 1.85. The first-order valence-electron chi connectivity index (χ1n) is 7.78. The molecule has 5 heteroatoms. The second-order valence-corrected chi connectivity index (χ2v) is 5.69. The van der Waals surface area contributed by atoms with E-state index >= 15 is 0 Å². The average Bonchev–Trinajstić information content (AvgIpc) is 2.63. The van der Waals surface area contributed by atoms with E-state index in [1.807, 2.05) is 11.9 Å². The van der Waals surface area contributed by atoms with Crippen LogP contribution < -0.4 is 4.90 Å². The SMILES string of the molecule is CN(Cc1c(C=O)ccnc1-c1ccccc1O)c1ccc(F)cc1. The molecule has 0 amide bonds. The molecule has 1 aromatic heterocycles. The highest BCUT2D eigenvalue weighted by Gasteiger charge is 2.16. The molecule has 4 nitrogen and oxygen atoms in total. The molecule has 2 aromatic carbocycles. The number of para-hydroxylation sites is 1. The standard InChI is InChI=1S/C20H17FN2O2/c1-23(16-8-6-15(21)7-9-16)12-18-14(13-24)10-11-22-20(18)17-4-2-3-5-19(17)25/h2-11,13,25H,12H2,1H3. The van der Waals surface area contributed by atoms with Crippen LogP contribution in [0.15, 0.2) is 60.8 Å². The molecule has 1 heterocycles. The lowest BCUT2D eigenvalue weighted by atomic mass is 10.00. The number of aromatic hydroxyl groups is 1. The van der Waals surface area contributed by atoms with Gasteiger partial charge in [-0.1, -0.05) is 12.1 Å². The molecule has 3 aromatic rings. The van der Waals surface area contributed by atoms with Crippen molar-refractivity contribution in [3.05, 3.63) is 77.7 Å². The molecule has 0 unspecified atom stereocenters. The molecule has 0 radical (unpaired) electrons. The van der Waals surface area contributed by atoms with Crippen LogP contribution in [-0.4, -0.2) is 23.4 Å². The molecule has 0 aliphatic carbocycles. The van der Waals surface area contributed by atoms with Crippen LogP contribution in [-0.2, 0) is 6.54 Å². The molecule has 0 fully saturated rings. The normalized spacial score (nSPS) is 10.5. The number of hydrogen-bond acceptors (Lipinski definition) is 4. The molecular weight excluding hydrogens is 319 g/mol. The minimum atomic E-state index is -0.304. The lowest BCUT2D eigenvalue weighted by Crippen LogP contribution is -2.18. The third kappa shape index (κ3) is 3.50. The van der Waals surface area contributed by atoms with Crippen molar-refractivity contribution in [3.63, 3.8) is 0 Å². The van der Waals surface area contributed by atoms with Crippen molar-refractivity contribution in [2.24, 2.45) is 0 Å². The van der Waals surface area contributed by atoms with Crippen molar-refractivity contribution < 1.29 is 14.3 Å². The van der Waals surface area contributed by atoms with Gasteiger partial charge >= 0.3 is 0 Å². The average molecular weight is 336 g/mol. The van der Waals surface area contributed by atoms with Crippen molar-refractivity contribution in [2.75, 3.05) is 11.9 Å². The zero-order valence-electron chi connectivity index (χ0n) is 13.7. The van der Waals surface area contributed by atoms with E-state index in [9.17, 15) is 14.3 Å². The number of carbonyl (C=O) groups excluding carboxylic acids is 1. The number of phenols is 1. The number of pyridine rings is 1. The summed E-state index contributed by atoms with van der Waals surface area (Å²) in [6, 6.07) is 14.6. The number of aldehydes is 1. The minimum Gasteiger partial charge on any atom is -0.507 e. The Labute approximate surface area is 145 Å². The third-order valence-electron chi connectivity index (χ3n) is 4.04.